The fraction of sp³-hybridized carbons (Fsp3) is 0.188. The zero-order chi connectivity index (χ0) is 17.4. The number of benzene rings is 1. The van der Waals surface area contributed by atoms with E-state index in [9.17, 15) is 23.9 Å². The molecule has 0 radical (unpaired) electrons. The number of carboxylic acid groups (broad SMARTS) is 1. The van der Waals surface area contributed by atoms with Gasteiger partial charge in [0.25, 0.3) is 11.5 Å². The zero-order valence-electron chi connectivity index (χ0n) is 12.4. The number of nitrogens with one attached hydrogen (secondary N) is 1. The fourth-order valence-electron chi connectivity index (χ4n) is 2.76. The summed E-state index contributed by atoms with van der Waals surface area (Å²) < 4.78 is 12.9. The number of amides is 1. The van der Waals surface area contributed by atoms with Crippen LogP contribution in [0, 0.1) is 5.82 Å². The monoisotopic (exact) mass is 332 g/mol. The molecule has 0 spiro atoms. The van der Waals surface area contributed by atoms with Gasteiger partial charge in [-0.05, 0) is 24.1 Å². The van der Waals surface area contributed by atoms with Gasteiger partial charge in [-0.1, -0.05) is 12.1 Å². The molecule has 3 rings (SSSR count). The number of carbonyl (C=O) groups is 2. The van der Waals surface area contributed by atoms with Gasteiger partial charge < -0.3 is 20.1 Å². The third kappa shape index (κ3) is 2.62. The standard InChI is InChI=1S/C16H13FN2O5/c17-9-3-1-8(2-4-9)7-19-6-5-10-11(15(19)22)13(20)14(21)18-12(10)16(23)24/h1-4,20H,5-7H2,(H,18,21)(H,23,24). The molecule has 3 N–H and O–H groups in total. The molecule has 0 saturated heterocycles. The number of hydrogen-bond donors (Lipinski definition) is 3. The van der Waals surface area contributed by atoms with Crippen LogP contribution in [0.1, 0.15) is 32.0 Å². The highest BCUT2D eigenvalue weighted by Crippen LogP contribution is 2.27. The highest BCUT2D eigenvalue weighted by Gasteiger charge is 2.32. The highest BCUT2D eigenvalue weighted by molar-refractivity contribution is 6.02. The lowest BCUT2D eigenvalue weighted by Gasteiger charge is -2.29. The number of carboxylic acids is 1. The first-order chi connectivity index (χ1) is 11.4. The van der Waals surface area contributed by atoms with Crippen LogP contribution < -0.4 is 5.56 Å². The molecule has 1 amide bonds. The molecule has 0 saturated carbocycles. The molecule has 2 aromatic rings. The van der Waals surface area contributed by atoms with E-state index in [1.165, 1.54) is 29.2 Å². The molecule has 1 aliphatic rings. The number of H-pyrrole nitrogens is 1. The average molecular weight is 332 g/mol. The molecule has 0 fully saturated rings. The minimum atomic E-state index is -1.37. The van der Waals surface area contributed by atoms with Crippen molar-refractivity contribution in [2.45, 2.75) is 13.0 Å². The van der Waals surface area contributed by atoms with Crippen molar-refractivity contribution >= 4 is 11.9 Å². The first kappa shape index (κ1) is 15.7. The molecule has 0 atom stereocenters. The molecule has 2 heterocycles. The van der Waals surface area contributed by atoms with Crippen LogP contribution >= 0.6 is 0 Å². The van der Waals surface area contributed by atoms with E-state index in [4.69, 9.17) is 5.11 Å². The Hall–Kier alpha value is -3.16. The van der Waals surface area contributed by atoms with Crippen molar-refractivity contribution in [1.82, 2.24) is 9.88 Å². The Morgan fingerprint density at radius 2 is 1.92 bits per heavy atom. The van der Waals surface area contributed by atoms with Gasteiger partial charge in [-0.25, -0.2) is 9.18 Å². The Morgan fingerprint density at radius 3 is 2.54 bits per heavy atom. The molecule has 124 valence electrons. The van der Waals surface area contributed by atoms with Gasteiger partial charge in [0.05, 0.1) is 5.56 Å². The lowest BCUT2D eigenvalue weighted by molar-refractivity contribution is 0.0684. The maximum atomic E-state index is 12.9. The molecule has 1 aliphatic heterocycles. The molecule has 7 nitrogen and oxygen atoms in total. The molecule has 0 unspecified atom stereocenters. The lowest BCUT2D eigenvalue weighted by Crippen LogP contribution is -2.39. The number of carbonyl (C=O) groups excluding carboxylic acids is 1. The smallest absolute Gasteiger partial charge is 0.352 e. The number of hydrogen-bond acceptors (Lipinski definition) is 4. The molecular weight excluding hydrogens is 319 g/mol. The predicted molar refractivity (Wildman–Crippen MR) is 80.5 cm³/mol. The van der Waals surface area contributed by atoms with Crippen LogP contribution in [0.4, 0.5) is 4.39 Å². The average Bonchev–Trinajstić information content (AvgIpc) is 2.54. The lowest BCUT2D eigenvalue weighted by atomic mass is 9.96. The minimum absolute atomic E-state index is 0.111. The van der Waals surface area contributed by atoms with E-state index in [2.05, 4.69) is 4.98 Å². The normalized spacial score (nSPS) is 13.7. The van der Waals surface area contributed by atoms with E-state index in [-0.39, 0.29) is 36.3 Å². The molecule has 24 heavy (non-hydrogen) atoms. The molecular formula is C16H13FN2O5. The van der Waals surface area contributed by atoms with Crippen LogP contribution in [0.15, 0.2) is 29.1 Å². The minimum Gasteiger partial charge on any atom is -0.502 e. The van der Waals surface area contributed by atoms with Gasteiger partial charge in [-0.15, -0.1) is 0 Å². The SMILES string of the molecule is O=C(O)c1[nH]c(=O)c(O)c2c1CCN(Cc1ccc(F)cc1)C2=O. The van der Waals surface area contributed by atoms with Crippen LogP contribution in [0.2, 0.25) is 0 Å². The quantitative estimate of drug-likeness (QED) is 0.780. The van der Waals surface area contributed by atoms with Crippen molar-refractivity contribution in [3.8, 4) is 5.75 Å². The van der Waals surface area contributed by atoms with Gasteiger partial charge in [0, 0.05) is 18.7 Å². The summed E-state index contributed by atoms with van der Waals surface area (Å²) in [4.78, 5) is 39.0. The number of nitrogens with zero attached hydrogens (tertiary/aromatic N) is 1. The van der Waals surface area contributed by atoms with Gasteiger partial charge in [0.15, 0.2) is 5.75 Å². The number of halogens is 1. The Balaban J connectivity index is 1.99. The van der Waals surface area contributed by atoms with Gasteiger partial charge >= 0.3 is 5.97 Å². The number of aromatic amines is 1. The van der Waals surface area contributed by atoms with Gasteiger partial charge in [0.2, 0.25) is 0 Å². The maximum absolute atomic E-state index is 12.9. The van der Waals surface area contributed by atoms with Crippen LogP contribution in [0.25, 0.3) is 0 Å². The summed E-state index contributed by atoms with van der Waals surface area (Å²) in [5.41, 5.74) is -0.911. The summed E-state index contributed by atoms with van der Waals surface area (Å²) in [6.07, 6.45) is 0.175. The summed E-state index contributed by atoms with van der Waals surface area (Å²) >= 11 is 0. The van der Waals surface area contributed by atoms with E-state index in [0.717, 1.165) is 0 Å². The second-order valence-corrected chi connectivity index (χ2v) is 5.44. The van der Waals surface area contributed by atoms with Crippen molar-refractivity contribution in [3.05, 3.63) is 62.8 Å². The van der Waals surface area contributed by atoms with Crippen LogP contribution in [0.3, 0.4) is 0 Å². The molecule has 1 aromatic heterocycles. The summed E-state index contributed by atoms with van der Waals surface area (Å²) in [5, 5.41) is 19.1. The number of aromatic hydroxyl groups is 1. The van der Waals surface area contributed by atoms with Gasteiger partial charge in [-0.3, -0.25) is 9.59 Å². The fourth-order valence-corrected chi connectivity index (χ4v) is 2.76. The third-order valence-corrected chi connectivity index (χ3v) is 3.93. The Morgan fingerprint density at radius 1 is 1.25 bits per heavy atom. The molecule has 8 heteroatoms. The second kappa shape index (κ2) is 5.80. The number of pyridine rings is 1. The third-order valence-electron chi connectivity index (χ3n) is 3.93. The van der Waals surface area contributed by atoms with Crippen LogP contribution in [-0.2, 0) is 13.0 Å². The maximum Gasteiger partial charge on any atom is 0.352 e. The zero-order valence-corrected chi connectivity index (χ0v) is 12.4. The molecule has 0 bridgehead atoms. The molecule has 0 aliphatic carbocycles. The number of aromatic carboxylic acids is 1. The second-order valence-electron chi connectivity index (χ2n) is 5.44. The predicted octanol–water partition coefficient (Wildman–Crippen LogP) is 1.12. The first-order valence-electron chi connectivity index (χ1n) is 7.13. The topological polar surface area (TPSA) is 111 Å². The van der Waals surface area contributed by atoms with Crippen molar-refractivity contribution < 1.29 is 24.2 Å². The molecule has 1 aromatic carbocycles. The Bertz CT molecular complexity index is 889. The van der Waals surface area contributed by atoms with E-state index < -0.39 is 29.0 Å². The van der Waals surface area contributed by atoms with E-state index in [1.807, 2.05) is 0 Å². The van der Waals surface area contributed by atoms with Crippen LogP contribution in [0.5, 0.6) is 5.75 Å². The number of rotatable bonds is 3. The largest absolute Gasteiger partial charge is 0.502 e. The number of aromatic nitrogens is 1. The summed E-state index contributed by atoms with van der Waals surface area (Å²) in [6, 6.07) is 5.59. The van der Waals surface area contributed by atoms with E-state index in [1.54, 1.807) is 0 Å². The summed E-state index contributed by atoms with van der Waals surface area (Å²) in [7, 11) is 0. The first-order valence-corrected chi connectivity index (χ1v) is 7.13. The van der Waals surface area contributed by atoms with E-state index >= 15 is 0 Å². The van der Waals surface area contributed by atoms with Crippen molar-refractivity contribution in [3.63, 3.8) is 0 Å². The van der Waals surface area contributed by atoms with Gasteiger partial charge in [-0.2, -0.15) is 0 Å². The van der Waals surface area contributed by atoms with Crippen molar-refractivity contribution in [2.75, 3.05) is 6.54 Å². The van der Waals surface area contributed by atoms with Crippen LogP contribution in [-0.4, -0.2) is 38.5 Å². The Kier molecular flexibility index (Phi) is 3.80. The van der Waals surface area contributed by atoms with Crippen molar-refractivity contribution in [2.24, 2.45) is 0 Å². The summed E-state index contributed by atoms with van der Waals surface area (Å²) in [6.45, 7) is 0.377. The highest BCUT2D eigenvalue weighted by atomic mass is 19.1. The van der Waals surface area contributed by atoms with Crippen molar-refractivity contribution in [1.29, 1.82) is 0 Å². The summed E-state index contributed by atoms with van der Waals surface area (Å²) in [5.74, 6) is -3.19. The Labute approximate surface area is 135 Å². The van der Waals surface area contributed by atoms with Gasteiger partial charge in [0.1, 0.15) is 11.5 Å². The van der Waals surface area contributed by atoms with E-state index in [0.29, 0.717) is 5.56 Å². The number of fused-ring (bicyclic) bond motifs is 1.